The number of halogens is 1. The van der Waals surface area contributed by atoms with Crippen LogP contribution in [0.2, 0.25) is 5.02 Å². The summed E-state index contributed by atoms with van der Waals surface area (Å²) in [5, 5.41) is 13.2. The van der Waals surface area contributed by atoms with Crippen LogP contribution in [-0.2, 0) is 70.1 Å². The van der Waals surface area contributed by atoms with Crippen molar-refractivity contribution >= 4 is 60.7 Å². The number of ketones is 3. The predicted octanol–water partition coefficient (Wildman–Crippen LogP) is 15.2. The molecule has 3 aliphatic heterocycles. The van der Waals surface area contributed by atoms with Crippen LogP contribution >= 0.6 is 11.6 Å². The third-order valence-corrected chi connectivity index (χ3v) is 25.0. The Bertz CT molecular complexity index is 5180. The van der Waals surface area contributed by atoms with E-state index in [4.69, 9.17) is 35.5 Å². The minimum absolute atomic E-state index is 0. The molecular formula is C84H91ClN8O13S2. The number of imidazole rings is 1. The third kappa shape index (κ3) is 16.4. The van der Waals surface area contributed by atoms with E-state index in [1.807, 2.05) is 145 Å². The maximum absolute atomic E-state index is 13.7. The Morgan fingerprint density at radius 2 is 1.17 bits per heavy atom. The highest BCUT2D eigenvalue weighted by atomic mass is 35.5. The van der Waals surface area contributed by atoms with E-state index in [-0.39, 0.29) is 71.4 Å². The fraction of sp³-hybridized carbons (Fsp3) is 0.310. The number of rotatable bonds is 25. The van der Waals surface area contributed by atoms with Gasteiger partial charge in [-0.2, -0.15) is 4.31 Å². The summed E-state index contributed by atoms with van der Waals surface area (Å²) in [5.74, 6) is 3.66. The molecule has 0 radical (unpaired) electrons. The SMILES string of the molecule is CCC(=O)c1ccc(-c2ccc(CC(=O)C3(c4ccc5c(c4)OCO5)CC3)nc2)cc1.O=C(Cc1cccc(-c2ccc(S(=O)(=O)NCCCn3ccnc3)cc2)n1)C1(c2ccc3c(c2)OCO3)CC1.O=C(Nc1cccc(-c2ccc(S(=O)(=O)N3CCC[C@@H]3CO)cc2)n1)C1(c2ccc(Cl)cc2)CCCCC1.[HH].[HH].[HH].[HH]. The molecule has 108 heavy (non-hydrogen) atoms. The van der Waals surface area contributed by atoms with Gasteiger partial charge >= 0.3 is 0 Å². The molecule has 1 saturated heterocycles. The number of hydrogen-bond acceptors (Lipinski definition) is 17. The lowest BCUT2D eigenvalue weighted by Gasteiger charge is -2.36. The number of nitrogens with one attached hydrogen (secondary N) is 2. The smallest absolute Gasteiger partial charge is 0.243 e. The summed E-state index contributed by atoms with van der Waals surface area (Å²) in [6, 6.07) is 54.4. The van der Waals surface area contributed by atoms with Crippen LogP contribution in [0.4, 0.5) is 5.82 Å². The maximum atomic E-state index is 13.7. The molecule has 6 aromatic carbocycles. The van der Waals surface area contributed by atoms with Gasteiger partial charge in [0.15, 0.2) is 28.8 Å². The molecule has 1 amide bonds. The number of carbonyl (C=O) groups is 4. The first-order chi connectivity index (χ1) is 52.3. The number of aryl methyl sites for hydroxylation is 1. The molecule has 3 N–H and O–H groups in total. The van der Waals surface area contributed by atoms with E-state index < -0.39 is 36.3 Å². The monoisotopic (exact) mass is 1520 g/mol. The van der Waals surface area contributed by atoms with Gasteiger partial charge in [0, 0.05) is 108 Å². The summed E-state index contributed by atoms with van der Waals surface area (Å²) < 4.78 is 79.3. The zero-order chi connectivity index (χ0) is 75.1. The van der Waals surface area contributed by atoms with Gasteiger partial charge < -0.3 is 33.9 Å². The van der Waals surface area contributed by atoms with Crippen LogP contribution in [0, 0.1) is 0 Å². The molecule has 0 unspecified atom stereocenters. The van der Waals surface area contributed by atoms with Gasteiger partial charge in [0.2, 0.25) is 39.5 Å². The van der Waals surface area contributed by atoms with Crippen molar-refractivity contribution in [3.05, 3.63) is 246 Å². The largest absolute Gasteiger partial charge is 0.454 e. The number of sulfonamides is 2. The van der Waals surface area contributed by atoms with Crippen molar-refractivity contribution in [3.63, 3.8) is 0 Å². The van der Waals surface area contributed by atoms with Crippen molar-refractivity contribution in [1.29, 1.82) is 0 Å². The predicted molar refractivity (Wildman–Crippen MR) is 417 cm³/mol. The number of anilines is 1. The Hall–Kier alpha value is -10.3. The number of Topliss-reactive ketones (excluding diaryl/α,β-unsaturated/α-hetero) is 3. The summed E-state index contributed by atoms with van der Waals surface area (Å²) in [5.41, 5.74) is 8.33. The van der Waals surface area contributed by atoms with Crippen molar-refractivity contribution in [3.8, 4) is 56.6 Å². The van der Waals surface area contributed by atoms with Crippen molar-refractivity contribution in [2.75, 3.05) is 38.6 Å². The molecule has 4 fully saturated rings. The summed E-state index contributed by atoms with van der Waals surface area (Å²) in [4.78, 5) is 70.3. The molecule has 3 aliphatic carbocycles. The van der Waals surface area contributed by atoms with Crippen LogP contribution in [0.15, 0.2) is 217 Å². The quantitative estimate of drug-likeness (QED) is 0.0354. The lowest BCUT2D eigenvalue weighted by Crippen LogP contribution is -2.42. The second-order valence-corrected chi connectivity index (χ2v) is 32.2. The molecule has 0 bridgehead atoms. The molecular weight excluding hydrogens is 1430 g/mol. The van der Waals surface area contributed by atoms with Crippen LogP contribution in [0.3, 0.4) is 0 Å². The third-order valence-electron chi connectivity index (χ3n) is 21.3. The normalized spacial score (nSPS) is 16.9. The number of nitrogens with zero attached hydrogens (tertiary/aromatic N) is 6. The molecule has 3 saturated carbocycles. The maximum Gasteiger partial charge on any atom is 0.243 e. The molecule has 0 spiro atoms. The first-order valence-electron chi connectivity index (χ1n) is 36.6. The Kier molecular flexibility index (Phi) is 22.3. The molecule has 21 nitrogen and oxygen atoms in total. The van der Waals surface area contributed by atoms with Gasteiger partial charge in [-0.25, -0.2) is 31.5 Å². The second-order valence-electron chi connectivity index (χ2n) is 28.1. The average Bonchev–Trinajstić information content (AvgIpc) is 1.62. The first-order valence-corrected chi connectivity index (χ1v) is 39.9. The lowest BCUT2D eigenvalue weighted by molar-refractivity contribution is -0.123. The Morgan fingerprint density at radius 3 is 1.75 bits per heavy atom. The highest BCUT2D eigenvalue weighted by Crippen LogP contribution is 2.53. The number of aromatic nitrogens is 5. The number of hydrogen-bond donors (Lipinski definition) is 3. The summed E-state index contributed by atoms with van der Waals surface area (Å²) in [7, 11) is -7.30. The highest BCUT2D eigenvalue weighted by molar-refractivity contribution is 7.89. The van der Waals surface area contributed by atoms with E-state index in [2.05, 4.69) is 25.0 Å². The van der Waals surface area contributed by atoms with Gasteiger partial charge in [-0.05, 0) is 171 Å². The average molecular weight is 1520 g/mol. The Morgan fingerprint density at radius 1 is 0.593 bits per heavy atom. The van der Waals surface area contributed by atoms with Crippen molar-refractivity contribution < 1.29 is 65.8 Å². The van der Waals surface area contributed by atoms with Gasteiger partial charge in [-0.15, -0.1) is 0 Å². The summed E-state index contributed by atoms with van der Waals surface area (Å²) in [6.45, 7) is 3.53. The van der Waals surface area contributed by atoms with Crippen LogP contribution in [0.25, 0.3) is 33.6 Å². The lowest BCUT2D eigenvalue weighted by atomic mass is 9.68. The molecule has 4 aromatic heterocycles. The van der Waals surface area contributed by atoms with Crippen molar-refractivity contribution in [2.45, 2.75) is 142 Å². The molecule has 1 atom stereocenters. The number of amides is 1. The van der Waals surface area contributed by atoms with Gasteiger partial charge in [0.1, 0.15) is 17.4 Å². The second kappa shape index (κ2) is 32.3. The summed E-state index contributed by atoms with van der Waals surface area (Å²) >= 11 is 6.11. The Labute approximate surface area is 639 Å². The minimum atomic E-state index is -3.68. The summed E-state index contributed by atoms with van der Waals surface area (Å²) in [6.07, 6.45) is 18.0. The van der Waals surface area contributed by atoms with Crippen LogP contribution < -0.4 is 29.0 Å². The van der Waals surface area contributed by atoms with E-state index in [0.29, 0.717) is 90.5 Å². The zero-order valence-corrected chi connectivity index (χ0v) is 62.2. The van der Waals surface area contributed by atoms with Gasteiger partial charge in [0.25, 0.3) is 0 Å². The zero-order valence-electron chi connectivity index (χ0n) is 59.8. The molecule has 10 aromatic rings. The van der Waals surface area contributed by atoms with E-state index in [1.54, 1.807) is 73.3 Å². The fourth-order valence-corrected chi connectivity index (χ4v) is 17.6. The van der Waals surface area contributed by atoms with Crippen molar-refractivity contribution in [2.24, 2.45) is 0 Å². The number of carbonyl (C=O) groups excluding carboxylic acids is 4. The standard InChI is InChI=1S/C29H32ClN3O4S.C29H28N4O5S.C26H23NO4.4H2/c30-23-13-11-22(12-14-23)29(17-2-1-3-18-29)28(35)32-27-8-4-7-26(31-27)21-9-15-25(16-10-21)38(36,37)33-19-5-6-24(33)20-34;34-28(29(11-12-29)22-7-10-26-27(17-22)38-20-37-26)18-23-3-1-4-25(32-23)21-5-8-24(9-6-21)39(35,36)31-13-2-15-33-16-14-30-19-33;1-2-22(28)18-5-3-17(4-6-18)19-7-9-21(27-15-19)14-25(29)26(11-12-26)20-8-10-23-24(13-20)31-16-30-23;;;;/h4,7-16,24,34H,1-3,5-6,17-20H2,(H,31,32,35);1,3-10,14,16-17,19,31H,2,11-13,15,18,20H2;3-10,13,15H,2,11-12,14,16H2,1H3;4*1H/t24-;;;;;;/m1....../s1. The molecule has 24 heteroatoms. The van der Waals surface area contributed by atoms with Crippen LogP contribution in [0.1, 0.15) is 135 Å². The van der Waals surface area contributed by atoms with E-state index >= 15 is 0 Å². The van der Waals surface area contributed by atoms with E-state index in [9.17, 15) is 41.1 Å². The molecule has 16 rings (SSSR count). The number of benzene rings is 6. The van der Waals surface area contributed by atoms with Crippen molar-refractivity contribution in [1.82, 2.24) is 33.5 Å². The minimum Gasteiger partial charge on any atom is -0.454 e. The molecule has 7 heterocycles. The van der Waals surface area contributed by atoms with Crippen LogP contribution in [-0.4, -0.2) is 113 Å². The van der Waals surface area contributed by atoms with Crippen LogP contribution in [0.5, 0.6) is 23.0 Å². The topological polar surface area (TPSA) is 277 Å². The fourth-order valence-electron chi connectivity index (χ4n) is 14.7. The Balaban J connectivity index is 0.000000176. The molecule has 564 valence electrons. The number of aliphatic hydroxyl groups excluding tert-OH is 1. The number of pyridine rings is 3. The number of ether oxygens (including phenoxy) is 4. The number of aliphatic hydroxyl groups is 1. The van der Waals surface area contributed by atoms with E-state index in [0.717, 1.165) is 120 Å². The van der Waals surface area contributed by atoms with Gasteiger partial charge in [-0.3, -0.25) is 29.1 Å². The van der Waals surface area contributed by atoms with Gasteiger partial charge in [0.05, 0.1) is 50.4 Å². The van der Waals surface area contributed by atoms with E-state index in [1.165, 1.54) is 4.31 Å². The highest BCUT2D eigenvalue weighted by Gasteiger charge is 2.52. The molecule has 6 aliphatic rings. The van der Waals surface area contributed by atoms with Gasteiger partial charge in [-0.1, -0.05) is 129 Å². The number of fused-ring (bicyclic) bond motifs is 2. The first kappa shape index (κ1) is 74.6.